The van der Waals surface area contributed by atoms with E-state index in [1.165, 1.54) is 18.2 Å². The van der Waals surface area contributed by atoms with E-state index in [1.54, 1.807) is 24.3 Å². The molecule has 2 fully saturated rings. The Kier molecular flexibility index (Phi) is 9.90. The van der Waals surface area contributed by atoms with Crippen LogP contribution in [-0.2, 0) is 9.47 Å². The lowest BCUT2D eigenvalue weighted by Crippen LogP contribution is -2.58. The molecular weight excluding hydrogens is 467 g/mol. The number of aliphatic hydroxyl groups is 8. The van der Waals surface area contributed by atoms with E-state index in [9.17, 15) is 45.2 Å². The van der Waals surface area contributed by atoms with E-state index >= 15 is 0 Å². The first-order valence-electron chi connectivity index (χ1n) is 11.4. The van der Waals surface area contributed by atoms with Gasteiger partial charge in [-0.3, -0.25) is 0 Å². The Bertz CT molecular complexity index is 876. The van der Waals surface area contributed by atoms with Crippen LogP contribution in [-0.4, -0.2) is 115 Å². The smallest absolute Gasteiger partial charge is 0.131 e. The molecule has 10 atom stereocenters. The van der Waals surface area contributed by atoms with Gasteiger partial charge in [-0.15, -0.1) is 0 Å². The second-order valence-corrected chi connectivity index (χ2v) is 8.79. The maximum absolute atomic E-state index is 14.5. The Morgan fingerprint density at radius 3 is 1.57 bits per heavy atom. The van der Waals surface area contributed by atoms with Crippen LogP contribution in [0.3, 0.4) is 0 Å². The molecular formula is C24H33FO10. The van der Waals surface area contributed by atoms with Crippen molar-refractivity contribution in [3.05, 3.63) is 47.3 Å². The van der Waals surface area contributed by atoms with Crippen molar-refractivity contribution in [2.24, 2.45) is 0 Å². The Morgan fingerprint density at radius 2 is 1.11 bits per heavy atom. The van der Waals surface area contributed by atoms with Crippen LogP contribution in [0.15, 0.2) is 30.4 Å². The molecule has 3 rings (SSSR count). The van der Waals surface area contributed by atoms with Crippen molar-refractivity contribution in [2.45, 2.75) is 73.9 Å². The summed E-state index contributed by atoms with van der Waals surface area (Å²) < 4.78 is 25.4. The van der Waals surface area contributed by atoms with Gasteiger partial charge in [0.1, 0.15) is 54.6 Å². The highest BCUT2D eigenvalue weighted by Crippen LogP contribution is 2.25. The summed E-state index contributed by atoms with van der Waals surface area (Å²) in [5.41, 5.74) is 0.791. The van der Waals surface area contributed by atoms with Gasteiger partial charge in [0.05, 0.1) is 25.4 Å². The fraction of sp³-hybridized carbons (Fsp3) is 0.583. The summed E-state index contributed by atoms with van der Waals surface area (Å²) in [6.45, 7) is -1.03. The van der Waals surface area contributed by atoms with Crippen molar-refractivity contribution in [1.29, 1.82) is 0 Å². The van der Waals surface area contributed by atoms with Crippen molar-refractivity contribution >= 4 is 12.2 Å². The zero-order valence-electron chi connectivity index (χ0n) is 18.9. The summed E-state index contributed by atoms with van der Waals surface area (Å²) in [4.78, 5) is 0. The van der Waals surface area contributed by atoms with Crippen LogP contribution in [0, 0.1) is 5.82 Å². The first-order chi connectivity index (χ1) is 16.7. The van der Waals surface area contributed by atoms with Gasteiger partial charge in [-0.2, -0.15) is 0 Å². The minimum absolute atomic E-state index is 0.113. The van der Waals surface area contributed by atoms with Crippen LogP contribution < -0.4 is 0 Å². The van der Waals surface area contributed by atoms with Crippen LogP contribution >= 0.6 is 0 Å². The highest BCUT2D eigenvalue weighted by atomic mass is 19.1. The van der Waals surface area contributed by atoms with Gasteiger partial charge in [0.25, 0.3) is 0 Å². The minimum atomic E-state index is -1.47. The van der Waals surface area contributed by atoms with Gasteiger partial charge in [0.15, 0.2) is 0 Å². The summed E-state index contributed by atoms with van der Waals surface area (Å²) in [5, 5.41) is 77.9. The van der Waals surface area contributed by atoms with E-state index in [0.717, 1.165) is 0 Å². The molecule has 11 heteroatoms. The average Bonchev–Trinajstić information content (AvgIpc) is 2.85. The summed E-state index contributed by atoms with van der Waals surface area (Å²) in [5.74, 6) is -0.523. The molecule has 2 saturated heterocycles. The van der Waals surface area contributed by atoms with Gasteiger partial charge in [0, 0.05) is 5.56 Å². The van der Waals surface area contributed by atoms with Crippen molar-refractivity contribution < 1.29 is 54.7 Å². The van der Waals surface area contributed by atoms with E-state index in [0.29, 0.717) is 5.56 Å². The molecule has 0 unspecified atom stereocenters. The molecule has 2 aliphatic heterocycles. The Balaban J connectivity index is 1.57. The zero-order chi connectivity index (χ0) is 25.7. The van der Waals surface area contributed by atoms with E-state index in [4.69, 9.17) is 9.47 Å². The fourth-order valence-corrected chi connectivity index (χ4v) is 4.20. The van der Waals surface area contributed by atoms with Crippen LogP contribution in [0.4, 0.5) is 4.39 Å². The standard InChI is InChI=1S/C24H33FO10/c25-14-9-12(3-1-5-15-19(28)23(32)21(30)17(10-26)34-15)7-8-13(14)4-2-6-16-20(29)24(33)22(31)18(11-27)35-16/h1-4,7-9,15-24,26-33H,5-6,10-11H2/b3-1+,4-2+/t15-,16-,17-,18-,19-,20-,21-,22-,23-,24-/m1/s1. The highest BCUT2D eigenvalue weighted by molar-refractivity contribution is 5.56. The van der Waals surface area contributed by atoms with Crippen LogP contribution in [0.5, 0.6) is 0 Å². The Labute approximate surface area is 201 Å². The minimum Gasteiger partial charge on any atom is -0.394 e. The fourth-order valence-electron chi connectivity index (χ4n) is 4.20. The summed E-state index contributed by atoms with van der Waals surface area (Å²) >= 11 is 0. The largest absolute Gasteiger partial charge is 0.394 e. The van der Waals surface area contributed by atoms with Gasteiger partial charge in [0.2, 0.25) is 0 Å². The topological polar surface area (TPSA) is 180 Å². The molecule has 2 heterocycles. The maximum atomic E-state index is 14.5. The van der Waals surface area contributed by atoms with E-state index in [-0.39, 0.29) is 18.4 Å². The zero-order valence-corrected chi connectivity index (χ0v) is 18.9. The highest BCUT2D eigenvalue weighted by Gasteiger charge is 2.43. The maximum Gasteiger partial charge on any atom is 0.131 e. The first-order valence-corrected chi connectivity index (χ1v) is 11.4. The molecule has 8 N–H and O–H groups in total. The molecule has 0 amide bonds. The summed E-state index contributed by atoms with van der Waals surface area (Å²) in [6, 6.07) is 4.48. The van der Waals surface area contributed by atoms with Crippen LogP contribution in [0.2, 0.25) is 0 Å². The van der Waals surface area contributed by atoms with Crippen molar-refractivity contribution in [3.63, 3.8) is 0 Å². The molecule has 10 nitrogen and oxygen atoms in total. The third kappa shape index (κ3) is 6.52. The number of hydrogen-bond donors (Lipinski definition) is 8. The molecule has 0 radical (unpaired) electrons. The monoisotopic (exact) mass is 500 g/mol. The molecule has 35 heavy (non-hydrogen) atoms. The van der Waals surface area contributed by atoms with Crippen LogP contribution in [0.1, 0.15) is 24.0 Å². The lowest BCUT2D eigenvalue weighted by molar-refractivity contribution is -0.227. The SMILES string of the molecule is OC[C@H]1O[C@H](C/C=C/c2ccc(/C=C/C[C@H]3O[C@H](CO)[C@@H](O)[C@H](O)[C@@H]3O)c(F)c2)[C@@H](O)[C@@H](O)[C@@H]1O. The van der Waals surface area contributed by atoms with Gasteiger partial charge in [-0.05, 0) is 24.5 Å². The van der Waals surface area contributed by atoms with Gasteiger partial charge in [-0.1, -0.05) is 36.4 Å². The molecule has 0 aromatic heterocycles. The molecule has 0 saturated carbocycles. The number of halogens is 1. The van der Waals surface area contributed by atoms with Gasteiger partial charge < -0.3 is 50.3 Å². The van der Waals surface area contributed by atoms with Crippen molar-refractivity contribution in [1.82, 2.24) is 0 Å². The first kappa shape index (κ1) is 27.8. The number of hydrogen-bond acceptors (Lipinski definition) is 10. The molecule has 1 aromatic rings. The molecule has 0 aliphatic carbocycles. The second-order valence-electron chi connectivity index (χ2n) is 8.79. The Hall–Kier alpha value is -1.77. The third-order valence-corrected chi connectivity index (χ3v) is 6.35. The normalized spacial score (nSPS) is 38.4. The summed E-state index contributed by atoms with van der Waals surface area (Å²) in [6.07, 6.45) is -5.67. The molecule has 2 aliphatic rings. The second kappa shape index (κ2) is 12.5. The van der Waals surface area contributed by atoms with E-state index < -0.39 is 80.1 Å². The van der Waals surface area contributed by atoms with Gasteiger partial charge >= 0.3 is 0 Å². The number of aliphatic hydroxyl groups excluding tert-OH is 8. The predicted octanol–water partition coefficient (Wildman–Crippen LogP) is -1.68. The quantitative estimate of drug-likeness (QED) is 0.205. The Morgan fingerprint density at radius 1 is 0.657 bits per heavy atom. The van der Waals surface area contributed by atoms with E-state index in [1.807, 2.05) is 0 Å². The molecule has 0 spiro atoms. The van der Waals surface area contributed by atoms with Crippen molar-refractivity contribution in [2.75, 3.05) is 13.2 Å². The lowest BCUT2D eigenvalue weighted by atomic mass is 9.93. The van der Waals surface area contributed by atoms with E-state index in [2.05, 4.69) is 0 Å². The number of benzene rings is 1. The average molecular weight is 501 g/mol. The molecule has 0 bridgehead atoms. The third-order valence-electron chi connectivity index (χ3n) is 6.35. The molecule has 1 aromatic carbocycles. The van der Waals surface area contributed by atoms with Crippen LogP contribution in [0.25, 0.3) is 12.2 Å². The van der Waals surface area contributed by atoms with Crippen molar-refractivity contribution in [3.8, 4) is 0 Å². The predicted molar refractivity (Wildman–Crippen MR) is 121 cm³/mol. The summed E-state index contributed by atoms with van der Waals surface area (Å²) in [7, 11) is 0. The number of ether oxygens (including phenoxy) is 2. The van der Waals surface area contributed by atoms with Gasteiger partial charge in [-0.25, -0.2) is 4.39 Å². The lowest BCUT2D eigenvalue weighted by Gasteiger charge is -2.39. The molecule has 196 valence electrons. The number of rotatable bonds is 8.